The highest BCUT2D eigenvalue weighted by Gasteiger charge is 2.42. The quantitative estimate of drug-likeness (QED) is 0.481. The molecule has 0 N–H and O–H groups in total. The highest BCUT2D eigenvalue weighted by atomic mass is 16.5. The second kappa shape index (κ2) is 7.88. The van der Waals surface area contributed by atoms with Crippen LogP contribution >= 0.6 is 0 Å². The predicted molar refractivity (Wildman–Crippen MR) is 79.1 cm³/mol. The molecule has 0 aliphatic heterocycles. The third-order valence-electron chi connectivity index (χ3n) is 3.32. The Morgan fingerprint density at radius 3 is 1.85 bits per heavy atom. The lowest BCUT2D eigenvalue weighted by atomic mass is 9.72. The van der Waals surface area contributed by atoms with Crippen LogP contribution < -0.4 is 0 Å². The van der Waals surface area contributed by atoms with Crippen LogP contribution in [0.25, 0.3) is 0 Å². The van der Waals surface area contributed by atoms with Crippen molar-refractivity contribution < 1.29 is 19.1 Å². The Morgan fingerprint density at radius 1 is 1.00 bits per heavy atom. The van der Waals surface area contributed by atoms with Crippen molar-refractivity contribution in [2.24, 2.45) is 10.8 Å². The van der Waals surface area contributed by atoms with Gasteiger partial charge in [0.05, 0.1) is 10.8 Å². The molecule has 0 aliphatic rings. The Labute approximate surface area is 121 Å². The Morgan fingerprint density at radius 2 is 1.45 bits per heavy atom. The van der Waals surface area contributed by atoms with Crippen LogP contribution in [-0.2, 0) is 19.1 Å². The van der Waals surface area contributed by atoms with E-state index in [4.69, 9.17) is 9.47 Å². The summed E-state index contributed by atoms with van der Waals surface area (Å²) in [5, 5.41) is 0. The van der Waals surface area contributed by atoms with E-state index in [0.29, 0.717) is 12.8 Å². The zero-order valence-corrected chi connectivity index (χ0v) is 13.0. The summed E-state index contributed by atoms with van der Waals surface area (Å²) in [6.07, 6.45) is 3.99. The molecule has 0 aliphatic carbocycles. The van der Waals surface area contributed by atoms with Crippen molar-refractivity contribution in [1.82, 2.24) is 0 Å². The standard InChI is InChI=1S/C16H26O4/c1-7-10-19-13(17)15(4,5)12-16(6,9-3)14(18)20-11-8-2/h7-8H,1-2,9-12H2,3-6H3. The van der Waals surface area contributed by atoms with Gasteiger partial charge < -0.3 is 9.47 Å². The smallest absolute Gasteiger partial charge is 0.312 e. The van der Waals surface area contributed by atoms with E-state index in [0.717, 1.165) is 0 Å². The normalized spacial score (nSPS) is 14.0. The molecule has 20 heavy (non-hydrogen) atoms. The molecule has 0 saturated heterocycles. The Kier molecular flexibility index (Phi) is 7.25. The molecule has 0 heterocycles. The van der Waals surface area contributed by atoms with Gasteiger partial charge in [-0.1, -0.05) is 32.2 Å². The molecule has 0 aromatic rings. The van der Waals surface area contributed by atoms with Gasteiger partial charge in [0, 0.05) is 0 Å². The summed E-state index contributed by atoms with van der Waals surface area (Å²) in [7, 11) is 0. The van der Waals surface area contributed by atoms with E-state index in [1.165, 1.54) is 12.2 Å². The van der Waals surface area contributed by atoms with Crippen molar-refractivity contribution in [3.05, 3.63) is 25.3 Å². The van der Waals surface area contributed by atoms with Crippen molar-refractivity contribution in [2.75, 3.05) is 13.2 Å². The van der Waals surface area contributed by atoms with Crippen molar-refractivity contribution in [1.29, 1.82) is 0 Å². The van der Waals surface area contributed by atoms with Gasteiger partial charge in [-0.2, -0.15) is 0 Å². The highest BCUT2D eigenvalue weighted by Crippen LogP contribution is 2.38. The van der Waals surface area contributed by atoms with Crippen molar-refractivity contribution >= 4 is 11.9 Å². The van der Waals surface area contributed by atoms with Gasteiger partial charge in [0.15, 0.2) is 0 Å². The summed E-state index contributed by atoms with van der Waals surface area (Å²) >= 11 is 0. The molecule has 1 unspecified atom stereocenters. The summed E-state index contributed by atoms with van der Waals surface area (Å²) in [6, 6.07) is 0. The second-order valence-electron chi connectivity index (χ2n) is 5.75. The maximum absolute atomic E-state index is 12.1. The third kappa shape index (κ3) is 5.19. The monoisotopic (exact) mass is 282 g/mol. The van der Waals surface area contributed by atoms with Gasteiger partial charge in [-0.3, -0.25) is 9.59 Å². The number of hydrogen-bond donors (Lipinski definition) is 0. The van der Waals surface area contributed by atoms with Gasteiger partial charge >= 0.3 is 11.9 Å². The lowest BCUT2D eigenvalue weighted by Crippen LogP contribution is -2.38. The first-order valence-electron chi connectivity index (χ1n) is 6.79. The van der Waals surface area contributed by atoms with Crippen LogP contribution in [0.3, 0.4) is 0 Å². The molecule has 0 rings (SSSR count). The van der Waals surface area contributed by atoms with E-state index in [1.807, 2.05) is 6.92 Å². The Hall–Kier alpha value is -1.58. The van der Waals surface area contributed by atoms with E-state index < -0.39 is 10.8 Å². The molecule has 0 aromatic heterocycles. The van der Waals surface area contributed by atoms with E-state index in [-0.39, 0.29) is 25.2 Å². The largest absolute Gasteiger partial charge is 0.461 e. The maximum atomic E-state index is 12.1. The molecular formula is C16H26O4. The average molecular weight is 282 g/mol. The highest BCUT2D eigenvalue weighted by molar-refractivity contribution is 5.80. The lowest BCUT2D eigenvalue weighted by Gasteiger charge is -2.33. The van der Waals surface area contributed by atoms with E-state index in [9.17, 15) is 9.59 Å². The molecule has 0 spiro atoms. The first kappa shape index (κ1) is 18.4. The SMILES string of the molecule is C=CCOC(=O)C(C)(C)CC(C)(CC)C(=O)OCC=C. The molecule has 0 radical (unpaired) electrons. The minimum atomic E-state index is -0.763. The number of carbonyl (C=O) groups excluding carboxylic acids is 2. The van der Waals surface area contributed by atoms with Gasteiger partial charge in [-0.25, -0.2) is 0 Å². The van der Waals surface area contributed by atoms with E-state index in [2.05, 4.69) is 13.2 Å². The number of esters is 2. The molecule has 0 saturated carbocycles. The molecule has 0 fully saturated rings. The minimum absolute atomic E-state index is 0.173. The van der Waals surface area contributed by atoms with Gasteiger partial charge in [0.2, 0.25) is 0 Å². The van der Waals surface area contributed by atoms with Gasteiger partial charge in [-0.05, 0) is 33.6 Å². The van der Waals surface area contributed by atoms with Crippen LogP contribution in [0, 0.1) is 10.8 Å². The van der Waals surface area contributed by atoms with Crippen LogP contribution in [0.15, 0.2) is 25.3 Å². The first-order valence-corrected chi connectivity index (χ1v) is 6.79. The van der Waals surface area contributed by atoms with Gasteiger partial charge in [0.1, 0.15) is 13.2 Å². The first-order chi connectivity index (χ1) is 9.23. The molecular weight excluding hydrogens is 256 g/mol. The number of carbonyl (C=O) groups is 2. The van der Waals surface area contributed by atoms with Crippen LogP contribution in [0.5, 0.6) is 0 Å². The zero-order chi connectivity index (χ0) is 15.8. The minimum Gasteiger partial charge on any atom is -0.461 e. The molecule has 4 nitrogen and oxygen atoms in total. The Balaban J connectivity index is 4.90. The van der Waals surface area contributed by atoms with Crippen molar-refractivity contribution in [3.63, 3.8) is 0 Å². The van der Waals surface area contributed by atoms with Crippen LogP contribution in [0.1, 0.15) is 40.5 Å². The molecule has 0 bridgehead atoms. The van der Waals surface area contributed by atoms with E-state index >= 15 is 0 Å². The molecule has 1 atom stereocenters. The fourth-order valence-corrected chi connectivity index (χ4v) is 2.03. The van der Waals surface area contributed by atoms with Crippen molar-refractivity contribution in [2.45, 2.75) is 40.5 Å². The molecule has 0 amide bonds. The molecule has 114 valence electrons. The zero-order valence-electron chi connectivity index (χ0n) is 13.0. The van der Waals surface area contributed by atoms with Crippen LogP contribution in [-0.4, -0.2) is 25.2 Å². The van der Waals surface area contributed by atoms with E-state index in [1.54, 1.807) is 20.8 Å². The maximum Gasteiger partial charge on any atom is 0.312 e. The number of rotatable bonds is 9. The summed E-state index contributed by atoms with van der Waals surface area (Å²) in [5.74, 6) is -0.655. The summed E-state index contributed by atoms with van der Waals surface area (Å²) in [5.41, 5.74) is -1.49. The molecule has 4 heteroatoms. The topological polar surface area (TPSA) is 52.6 Å². The average Bonchev–Trinajstić information content (AvgIpc) is 2.41. The van der Waals surface area contributed by atoms with Crippen LogP contribution in [0.4, 0.5) is 0 Å². The van der Waals surface area contributed by atoms with Gasteiger partial charge in [-0.15, -0.1) is 0 Å². The number of hydrogen-bond acceptors (Lipinski definition) is 4. The van der Waals surface area contributed by atoms with Gasteiger partial charge in [0.25, 0.3) is 0 Å². The Bertz CT molecular complexity index is 371. The number of ether oxygens (including phenoxy) is 2. The predicted octanol–water partition coefficient (Wildman–Crippen LogP) is 3.28. The third-order valence-corrected chi connectivity index (χ3v) is 3.32. The summed E-state index contributed by atoms with van der Waals surface area (Å²) in [6.45, 7) is 14.6. The van der Waals surface area contributed by atoms with Crippen molar-refractivity contribution in [3.8, 4) is 0 Å². The lowest BCUT2D eigenvalue weighted by molar-refractivity contribution is -0.161. The fraction of sp³-hybridized carbons (Fsp3) is 0.625. The summed E-state index contributed by atoms with van der Waals surface area (Å²) in [4.78, 5) is 24.1. The molecule has 0 aromatic carbocycles. The second-order valence-corrected chi connectivity index (χ2v) is 5.75. The van der Waals surface area contributed by atoms with Crippen LogP contribution in [0.2, 0.25) is 0 Å². The summed E-state index contributed by atoms with van der Waals surface area (Å²) < 4.78 is 10.2. The fourth-order valence-electron chi connectivity index (χ4n) is 2.03.